The van der Waals surface area contributed by atoms with E-state index >= 15 is 0 Å². The van der Waals surface area contributed by atoms with Gasteiger partial charge in [0.25, 0.3) is 11.8 Å². The standard InChI is InChI=1S/C19H23N5O3/c20-18(25)16-2-1-3-17(22-16)19(26)24(14-15-4-6-21-7-5-15)9-8-23-10-12-27-13-11-23/h1-7H,8-14H2,(H2,20,25). The maximum Gasteiger partial charge on any atom is 0.272 e. The first-order valence-corrected chi connectivity index (χ1v) is 8.88. The van der Waals surface area contributed by atoms with Gasteiger partial charge in [0.15, 0.2) is 0 Å². The molecule has 3 rings (SSSR count). The third-order valence-electron chi connectivity index (χ3n) is 4.42. The van der Waals surface area contributed by atoms with Crippen molar-refractivity contribution < 1.29 is 14.3 Å². The van der Waals surface area contributed by atoms with Crippen molar-refractivity contribution in [1.82, 2.24) is 19.8 Å². The summed E-state index contributed by atoms with van der Waals surface area (Å²) in [4.78, 5) is 36.6. The number of amides is 2. The summed E-state index contributed by atoms with van der Waals surface area (Å²) in [5, 5.41) is 0. The van der Waals surface area contributed by atoms with Crippen LogP contribution < -0.4 is 5.73 Å². The summed E-state index contributed by atoms with van der Waals surface area (Å²) in [6, 6.07) is 8.47. The second-order valence-electron chi connectivity index (χ2n) is 6.31. The van der Waals surface area contributed by atoms with Crippen molar-refractivity contribution in [2.75, 3.05) is 39.4 Å². The molecule has 1 saturated heterocycles. The summed E-state index contributed by atoms with van der Waals surface area (Å²) in [7, 11) is 0. The molecule has 0 radical (unpaired) electrons. The van der Waals surface area contributed by atoms with Crippen molar-refractivity contribution in [3.63, 3.8) is 0 Å². The molecule has 8 nitrogen and oxygen atoms in total. The van der Waals surface area contributed by atoms with Crippen LogP contribution in [0.15, 0.2) is 42.7 Å². The fourth-order valence-electron chi connectivity index (χ4n) is 2.90. The molecule has 2 aromatic rings. The van der Waals surface area contributed by atoms with Gasteiger partial charge in [-0.25, -0.2) is 4.98 Å². The normalized spacial score (nSPS) is 14.7. The van der Waals surface area contributed by atoms with E-state index in [0.717, 1.165) is 25.2 Å². The predicted molar refractivity (Wildman–Crippen MR) is 99.0 cm³/mol. The summed E-state index contributed by atoms with van der Waals surface area (Å²) in [5.74, 6) is -0.887. The molecule has 1 fully saturated rings. The monoisotopic (exact) mass is 369 g/mol. The van der Waals surface area contributed by atoms with Crippen LogP contribution in [-0.4, -0.2) is 71.0 Å². The molecule has 27 heavy (non-hydrogen) atoms. The van der Waals surface area contributed by atoms with E-state index in [2.05, 4.69) is 14.9 Å². The molecule has 8 heteroatoms. The Morgan fingerprint density at radius 2 is 1.81 bits per heavy atom. The van der Waals surface area contributed by atoms with Gasteiger partial charge < -0.3 is 15.4 Å². The van der Waals surface area contributed by atoms with E-state index in [0.29, 0.717) is 26.3 Å². The van der Waals surface area contributed by atoms with Crippen LogP contribution in [0.5, 0.6) is 0 Å². The van der Waals surface area contributed by atoms with Gasteiger partial charge >= 0.3 is 0 Å². The Morgan fingerprint density at radius 1 is 1.11 bits per heavy atom. The largest absolute Gasteiger partial charge is 0.379 e. The van der Waals surface area contributed by atoms with Crippen molar-refractivity contribution in [3.05, 3.63) is 59.7 Å². The molecule has 1 aliphatic heterocycles. The summed E-state index contributed by atoms with van der Waals surface area (Å²) in [5.41, 5.74) is 6.56. The summed E-state index contributed by atoms with van der Waals surface area (Å²) in [6.45, 7) is 4.86. The minimum atomic E-state index is -0.654. The first-order valence-electron chi connectivity index (χ1n) is 8.88. The maximum atomic E-state index is 13.0. The zero-order chi connectivity index (χ0) is 19.1. The van der Waals surface area contributed by atoms with E-state index in [1.807, 2.05) is 12.1 Å². The van der Waals surface area contributed by atoms with Crippen LogP contribution in [0.2, 0.25) is 0 Å². The van der Waals surface area contributed by atoms with Gasteiger partial charge in [0.05, 0.1) is 13.2 Å². The van der Waals surface area contributed by atoms with Gasteiger partial charge in [0, 0.05) is 45.1 Å². The number of nitrogens with zero attached hydrogens (tertiary/aromatic N) is 4. The number of morpholine rings is 1. The Bertz CT molecular complexity index is 778. The van der Waals surface area contributed by atoms with Crippen LogP contribution >= 0.6 is 0 Å². The fourth-order valence-corrected chi connectivity index (χ4v) is 2.90. The molecule has 2 aromatic heterocycles. The summed E-state index contributed by atoms with van der Waals surface area (Å²) in [6.07, 6.45) is 3.40. The molecule has 0 unspecified atom stereocenters. The average Bonchev–Trinajstić information content (AvgIpc) is 2.72. The molecule has 1 aliphatic rings. The number of carbonyl (C=O) groups excluding carboxylic acids is 2. The molecular weight excluding hydrogens is 346 g/mol. The number of carbonyl (C=O) groups is 2. The summed E-state index contributed by atoms with van der Waals surface area (Å²) < 4.78 is 5.37. The van der Waals surface area contributed by atoms with Gasteiger partial charge in [-0.1, -0.05) is 6.07 Å². The molecule has 3 heterocycles. The van der Waals surface area contributed by atoms with E-state index < -0.39 is 5.91 Å². The minimum Gasteiger partial charge on any atom is -0.379 e. The second kappa shape index (κ2) is 9.20. The van der Waals surface area contributed by atoms with Gasteiger partial charge in [-0.15, -0.1) is 0 Å². The molecule has 0 aliphatic carbocycles. The molecular formula is C19H23N5O3. The van der Waals surface area contributed by atoms with Gasteiger partial charge in [-0.2, -0.15) is 0 Å². The SMILES string of the molecule is NC(=O)c1cccc(C(=O)N(CCN2CCOCC2)Cc2ccncc2)n1. The highest BCUT2D eigenvalue weighted by atomic mass is 16.5. The number of rotatable bonds is 7. The molecule has 0 bridgehead atoms. The average molecular weight is 369 g/mol. The van der Waals surface area contributed by atoms with Gasteiger partial charge in [0.2, 0.25) is 0 Å². The van der Waals surface area contributed by atoms with Crippen LogP contribution in [0, 0.1) is 0 Å². The van der Waals surface area contributed by atoms with E-state index in [9.17, 15) is 9.59 Å². The molecule has 0 saturated carbocycles. The molecule has 0 atom stereocenters. The topological polar surface area (TPSA) is 102 Å². The smallest absolute Gasteiger partial charge is 0.272 e. The predicted octanol–water partition coefficient (Wildman–Crippen LogP) is 0.550. The van der Waals surface area contributed by atoms with Crippen molar-refractivity contribution in [2.24, 2.45) is 5.73 Å². The zero-order valence-corrected chi connectivity index (χ0v) is 15.1. The van der Waals surface area contributed by atoms with E-state index in [-0.39, 0.29) is 17.3 Å². The van der Waals surface area contributed by atoms with Gasteiger partial charge in [-0.05, 0) is 29.8 Å². The van der Waals surface area contributed by atoms with Crippen molar-refractivity contribution in [1.29, 1.82) is 0 Å². The number of primary amides is 1. The number of hydrogen-bond donors (Lipinski definition) is 1. The number of hydrogen-bond acceptors (Lipinski definition) is 6. The van der Waals surface area contributed by atoms with Crippen LogP contribution in [0.4, 0.5) is 0 Å². The Morgan fingerprint density at radius 3 is 2.52 bits per heavy atom. The lowest BCUT2D eigenvalue weighted by atomic mass is 10.2. The number of aromatic nitrogens is 2. The van der Waals surface area contributed by atoms with Crippen molar-refractivity contribution >= 4 is 11.8 Å². The van der Waals surface area contributed by atoms with Crippen LogP contribution in [0.25, 0.3) is 0 Å². The lowest BCUT2D eigenvalue weighted by Crippen LogP contribution is -2.43. The van der Waals surface area contributed by atoms with Gasteiger partial charge in [0.1, 0.15) is 11.4 Å². The number of nitrogens with two attached hydrogens (primary N) is 1. The Hall–Kier alpha value is -2.84. The highest BCUT2D eigenvalue weighted by Gasteiger charge is 2.20. The third-order valence-corrected chi connectivity index (χ3v) is 4.42. The quantitative estimate of drug-likeness (QED) is 0.765. The van der Waals surface area contributed by atoms with Gasteiger partial charge in [-0.3, -0.25) is 19.5 Å². The Kier molecular flexibility index (Phi) is 6.45. The lowest BCUT2D eigenvalue weighted by molar-refractivity contribution is 0.0319. The Balaban J connectivity index is 1.75. The molecule has 0 aromatic carbocycles. The second-order valence-corrected chi connectivity index (χ2v) is 6.31. The Labute approximate surface area is 158 Å². The minimum absolute atomic E-state index is 0.0814. The van der Waals surface area contributed by atoms with Crippen LogP contribution in [0.3, 0.4) is 0 Å². The number of pyridine rings is 2. The van der Waals surface area contributed by atoms with Crippen molar-refractivity contribution in [2.45, 2.75) is 6.54 Å². The number of ether oxygens (including phenoxy) is 1. The van der Waals surface area contributed by atoms with E-state index in [1.54, 1.807) is 29.4 Å². The van der Waals surface area contributed by atoms with Crippen LogP contribution in [-0.2, 0) is 11.3 Å². The van der Waals surface area contributed by atoms with E-state index in [1.165, 1.54) is 6.07 Å². The lowest BCUT2D eigenvalue weighted by Gasteiger charge is -2.30. The zero-order valence-electron chi connectivity index (χ0n) is 15.1. The molecule has 2 amide bonds. The summed E-state index contributed by atoms with van der Waals surface area (Å²) >= 11 is 0. The van der Waals surface area contributed by atoms with Crippen LogP contribution in [0.1, 0.15) is 26.5 Å². The first-order chi connectivity index (χ1) is 13.1. The van der Waals surface area contributed by atoms with Crippen molar-refractivity contribution in [3.8, 4) is 0 Å². The highest BCUT2D eigenvalue weighted by molar-refractivity contribution is 5.95. The maximum absolute atomic E-state index is 13.0. The first kappa shape index (κ1) is 18.9. The molecule has 0 spiro atoms. The fraction of sp³-hybridized carbons (Fsp3) is 0.368. The molecule has 2 N–H and O–H groups in total. The molecule has 142 valence electrons. The third kappa shape index (κ3) is 5.32. The van der Waals surface area contributed by atoms with E-state index in [4.69, 9.17) is 10.5 Å². The highest BCUT2D eigenvalue weighted by Crippen LogP contribution is 2.10.